The summed E-state index contributed by atoms with van der Waals surface area (Å²) in [5, 5.41) is 5.71. The van der Waals surface area contributed by atoms with E-state index in [1.807, 2.05) is 0 Å². The van der Waals surface area contributed by atoms with Gasteiger partial charge in [-0.25, -0.2) is 0 Å². The quantitative estimate of drug-likeness (QED) is 0.844. The number of rotatable bonds is 4. The molecule has 0 aliphatic heterocycles. The molecular weight excluding hydrogens is 214 g/mol. The molecule has 1 aromatic heterocycles. The van der Waals surface area contributed by atoms with Crippen molar-refractivity contribution in [2.45, 2.75) is 25.9 Å². The van der Waals surface area contributed by atoms with E-state index in [0.29, 0.717) is 0 Å². The van der Waals surface area contributed by atoms with Crippen molar-refractivity contribution in [3.63, 3.8) is 0 Å². The summed E-state index contributed by atoms with van der Waals surface area (Å²) in [7, 11) is 0. The minimum Gasteiger partial charge on any atom is -0.303 e. The third-order valence-electron chi connectivity index (χ3n) is 2.78. The van der Waals surface area contributed by atoms with Crippen LogP contribution in [0, 0.1) is 0 Å². The Morgan fingerprint density at radius 1 is 1.06 bits per heavy atom. The van der Waals surface area contributed by atoms with Crippen molar-refractivity contribution in [2.24, 2.45) is 0 Å². The van der Waals surface area contributed by atoms with E-state index >= 15 is 0 Å². The molecule has 1 N–H and O–H groups in total. The molecule has 84 valence electrons. The molecule has 2 rings (SSSR count). The molecule has 0 unspecified atom stereocenters. The van der Waals surface area contributed by atoms with Gasteiger partial charge in [0.1, 0.15) is 0 Å². The Balaban J connectivity index is 2.03. The van der Waals surface area contributed by atoms with E-state index in [9.17, 15) is 0 Å². The Bertz CT molecular complexity index is 417. The van der Waals surface area contributed by atoms with Crippen molar-refractivity contribution >= 4 is 11.3 Å². The topological polar surface area (TPSA) is 12.0 Å². The van der Waals surface area contributed by atoms with Crippen LogP contribution in [-0.2, 0) is 12.1 Å². The Hall–Kier alpha value is -1.12. The molecule has 1 nitrogen and oxygen atoms in total. The van der Waals surface area contributed by atoms with Gasteiger partial charge >= 0.3 is 0 Å². The average molecular weight is 231 g/mol. The predicted octanol–water partition coefficient (Wildman–Crippen LogP) is 3.77. The van der Waals surface area contributed by atoms with Crippen molar-refractivity contribution in [1.29, 1.82) is 0 Å². The van der Waals surface area contributed by atoms with Gasteiger partial charge in [0.2, 0.25) is 0 Å². The van der Waals surface area contributed by atoms with E-state index in [4.69, 9.17) is 0 Å². The van der Waals surface area contributed by atoms with Crippen molar-refractivity contribution in [3.05, 3.63) is 58.3 Å². The molecule has 2 aromatic rings. The zero-order valence-corrected chi connectivity index (χ0v) is 10.6. The van der Waals surface area contributed by atoms with Gasteiger partial charge in [0.25, 0.3) is 0 Å². The number of nitrogens with one attached hydrogen (secondary N) is 1. The molecule has 0 spiro atoms. The Kier molecular flexibility index (Phi) is 3.42. The highest BCUT2D eigenvalue weighted by molar-refractivity contribution is 7.09. The molecule has 0 saturated carbocycles. The van der Waals surface area contributed by atoms with Gasteiger partial charge in [0, 0.05) is 17.0 Å². The number of hydrogen-bond acceptors (Lipinski definition) is 2. The van der Waals surface area contributed by atoms with Crippen molar-refractivity contribution in [2.75, 3.05) is 0 Å². The fourth-order valence-electron chi connectivity index (χ4n) is 1.68. The molecule has 16 heavy (non-hydrogen) atoms. The lowest BCUT2D eigenvalue weighted by Gasteiger charge is -2.26. The maximum absolute atomic E-state index is 3.59. The molecule has 0 bridgehead atoms. The van der Waals surface area contributed by atoms with E-state index in [0.717, 1.165) is 6.54 Å². The summed E-state index contributed by atoms with van der Waals surface area (Å²) in [6, 6.07) is 14.8. The van der Waals surface area contributed by atoms with E-state index in [1.165, 1.54) is 10.4 Å². The van der Waals surface area contributed by atoms with E-state index in [-0.39, 0.29) is 5.54 Å². The fourth-order valence-corrected chi connectivity index (χ4v) is 2.32. The van der Waals surface area contributed by atoms with Crippen LogP contribution < -0.4 is 5.32 Å². The van der Waals surface area contributed by atoms with Crippen LogP contribution >= 0.6 is 11.3 Å². The Morgan fingerprint density at radius 3 is 2.44 bits per heavy atom. The molecule has 0 fully saturated rings. The van der Waals surface area contributed by atoms with Crippen LogP contribution in [0.2, 0.25) is 0 Å². The summed E-state index contributed by atoms with van der Waals surface area (Å²) in [5.41, 5.74) is 1.34. The van der Waals surface area contributed by atoms with Gasteiger partial charge in [-0.2, -0.15) is 0 Å². The van der Waals surface area contributed by atoms with Crippen LogP contribution in [0.15, 0.2) is 47.8 Å². The van der Waals surface area contributed by atoms with Gasteiger partial charge in [0.15, 0.2) is 0 Å². The van der Waals surface area contributed by atoms with Crippen molar-refractivity contribution in [1.82, 2.24) is 5.32 Å². The third-order valence-corrected chi connectivity index (χ3v) is 3.66. The first-order chi connectivity index (χ1) is 7.68. The molecule has 2 heteroatoms. The zero-order valence-electron chi connectivity index (χ0n) is 9.73. The highest BCUT2D eigenvalue weighted by Crippen LogP contribution is 2.20. The molecule has 0 atom stereocenters. The van der Waals surface area contributed by atoms with Gasteiger partial charge in [-0.3, -0.25) is 0 Å². The van der Waals surface area contributed by atoms with Crippen LogP contribution in [-0.4, -0.2) is 0 Å². The number of hydrogen-bond donors (Lipinski definition) is 1. The summed E-state index contributed by atoms with van der Waals surface area (Å²) < 4.78 is 0. The standard InChI is InChI=1S/C14H17NS/c1-14(2,12-7-4-3-5-8-12)15-11-13-9-6-10-16-13/h3-10,15H,11H2,1-2H3. The van der Waals surface area contributed by atoms with Crippen LogP contribution in [0.1, 0.15) is 24.3 Å². The van der Waals surface area contributed by atoms with Crippen LogP contribution in [0.5, 0.6) is 0 Å². The first-order valence-corrected chi connectivity index (χ1v) is 6.39. The smallest absolute Gasteiger partial charge is 0.0380 e. The molecule has 0 radical (unpaired) electrons. The molecular formula is C14H17NS. The summed E-state index contributed by atoms with van der Waals surface area (Å²) >= 11 is 1.80. The van der Waals surface area contributed by atoms with Crippen LogP contribution in [0.4, 0.5) is 0 Å². The van der Waals surface area contributed by atoms with E-state index in [2.05, 4.69) is 67.0 Å². The lowest BCUT2D eigenvalue weighted by Crippen LogP contribution is -2.35. The highest BCUT2D eigenvalue weighted by Gasteiger charge is 2.18. The minimum atomic E-state index is 0.0191. The first-order valence-electron chi connectivity index (χ1n) is 5.51. The summed E-state index contributed by atoms with van der Waals surface area (Å²) in [6.45, 7) is 5.37. The van der Waals surface area contributed by atoms with Crippen LogP contribution in [0.25, 0.3) is 0 Å². The second-order valence-corrected chi connectivity index (χ2v) is 5.46. The van der Waals surface area contributed by atoms with Gasteiger partial charge < -0.3 is 5.32 Å². The van der Waals surface area contributed by atoms with E-state index < -0.39 is 0 Å². The second kappa shape index (κ2) is 4.81. The Morgan fingerprint density at radius 2 is 1.81 bits per heavy atom. The minimum absolute atomic E-state index is 0.0191. The lowest BCUT2D eigenvalue weighted by molar-refractivity contribution is 0.403. The SMILES string of the molecule is CC(C)(NCc1cccs1)c1ccccc1. The molecule has 0 aliphatic carbocycles. The van der Waals surface area contributed by atoms with Crippen LogP contribution in [0.3, 0.4) is 0 Å². The van der Waals surface area contributed by atoms with Crippen molar-refractivity contribution < 1.29 is 0 Å². The van der Waals surface area contributed by atoms with E-state index in [1.54, 1.807) is 11.3 Å². The third kappa shape index (κ3) is 2.71. The summed E-state index contributed by atoms with van der Waals surface area (Å²) in [6.07, 6.45) is 0. The largest absolute Gasteiger partial charge is 0.303 e. The number of thiophene rings is 1. The van der Waals surface area contributed by atoms with Gasteiger partial charge in [-0.05, 0) is 30.9 Å². The van der Waals surface area contributed by atoms with Gasteiger partial charge in [-0.1, -0.05) is 36.4 Å². The summed E-state index contributed by atoms with van der Waals surface area (Å²) in [5.74, 6) is 0. The first kappa shape index (κ1) is 11.4. The lowest BCUT2D eigenvalue weighted by atomic mass is 9.94. The molecule has 0 saturated heterocycles. The average Bonchev–Trinajstić information content (AvgIpc) is 2.81. The van der Waals surface area contributed by atoms with Crippen molar-refractivity contribution in [3.8, 4) is 0 Å². The molecule has 0 aliphatic rings. The zero-order chi connectivity index (χ0) is 11.4. The molecule has 1 heterocycles. The summed E-state index contributed by atoms with van der Waals surface area (Å²) in [4.78, 5) is 1.38. The number of benzene rings is 1. The molecule has 0 amide bonds. The van der Waals surface area contributed by atoms with Gasteiger partial charge in [0.05, 0.1) is 0 Å². The second-order valence-electron chi connectivity index (χ2n) is 4.42. The van der Waals surface area contributed by atoms with Gasteiger partial charge in [-0.15, -0.1) is 11.3 Å². The maximum Gasteiger partial charge on any atom is 0.0380 e. The monoisotopic (exact) mass is 231 g/mol. The predicted molar refractivity (Wildman–Crippen MR) is 70.6 cm³/mol. The molecule has 1 aromatic carbocycles. The Labute approximate surface area is 101 Å². The normalized spacial score (nSPS) is 11.6. The maximum atomic E-state index is 3.59. The highest BCUT2D eigenvalue weighted by atomic mass is 32.1. The fraction of sp³-hybridized carbons (Fsp3) is 0.286.